The highest BCUT2D eigenvalue weighted by Gasteiger charge is 2.48. The smallest absolute Gasteiger partial charge is 0.342 e. The fourth-order valence-corrected chi connectivity index (χ4v) is 8.38. The van der Waals surface area contributed by atoms with Gasteiger partial charge in [-0.2, -0.15) is 16.8 Å². The second-order valence-corrected chi connectivity index (χ2v) is 14.3. The van der Waals surface area contributed by atoms with E-state index in [1.54, 1.807) is 48.5 Å². The van der Waals surface area contributed by atoms with Crippen LogP contribution in [0.3, 0.4) is 0 Å². The van der Waals surface area contributed by atoms with E-state index in [-0.39, 0.29) is 11.1 Å². The summed E-state index contributed by atoms with van der Waals surface area (Å²) >= 11 is 0. The van der Waals surface area contributed by atoms with E-state index in [2.05, 4.69) is 0 Å². The predicted molar refractivity (Wildman–Crippen MR) is 172 cm³/mol. The first kappa shape index (κ1) is 33.9. The molecule has 0 spiro atoms. The summed E-state index contributed by atoms with van der Waals surface area (Å²) < 4.78 is 153. The third kappa shape index (κ3) is 5.51. The van der Waals surface area contributed by atoms with E-state index >= 15 is 17.6 Å². The molecule has 6 aromatic carbocycles. The van der Waals surface area contributed by atoms with Crippen molar-refractivity contribution >= 4 is 20.2 Å². The van der Waals surface area contributed by atoms with Crippen molar-refractivity contribution in [3.8, 4) is 22.6 Å². The molecule has 0 saturated carbocycles. The number of fused-ring (bicyclic) bond motifs is 3. The summed E-state index contributed by atoms with van der Waals surface area (Å²) in [5, 5.41) is 0. The highest BCUT2D eigenvalue weighted by molar-refractivity contribution is 7.87. The summed E-state index contributed by atoms with van der Waals surface area (Å²) in [5.41, 5.74) is -0.857. The van der Waals surface area contributed by atoms with Crippen LogP contribution in [-0.2, 0) is 25.7 Å². The first-order valence-electron chi connectivity index (χ1n) is 14.8. The van der Waals surface area contributed by atoms with E-state index in [1.807, 2.05) is 0 Å². The van der Waals surface area contributed by atoms with Gasteiger partial charge in [0.2, 0.25) is 11.5 Å². The van der Waals surface area contributed by atoms with Crippen molar-refractivity contribution < 1.29 is 51.5 Å². The molecule has 7 rings (SSSR count). The van der Waals surface area contributed by atoms with Crippen molar-refractivity contribution in [2.24, 2.45) is 0 Å². The molecule has 6 nitrogen and oxygen atoms in total. The van der Waals surface area contributed by atoms with Gasteiger partial charge in [-0.25, -0.2) is 26.3 Å². The first-order valence-corrected chi connectivity index (χ1v) is 17.6. The maximum Gasteiger partial charge on any atom is 0.342 e. The van der Waals surface area contributed by atoms with Gasteiger partial charge >= 0.3 is 20.2 Å². The fourth-order valence-electron chi connectivity index (χ4n) is 6.34. The molecule has 258 valence electrons. The van der Waals surface area contributed by atoms with Crippen LogP contribution in [-0.4, -0.2) is 16.8 Å². The normalized spacial score (nSPS) is 13.4. The second kappa shape index (κ2) is 12.3. The van der Waals surface area contributed by atoms with Gasteiger partial charge in [-0.3, -0.25) is 0 Å². The van der Waals surface area contributed by atoms with Crippen LogP contribution in [0.15, 0.2) is 131 Å². The third-order valence-electron chi connectivity index (χ3n) is 8.41. The summed E-state index contributed by atoms with van der Waals surface area (Å²) in [6.07, 6.45) is 0. The molecule has 0 aliphatic heterocycles. The molecule has 1 aliphatic carbocycles. The molecule has 0 amide bonds. The van der Waals surface area contributed by atoms with Crippen molar-refractivity contribution in [1.29, 1.82) is 0 Å². The van der Waals surface area contributed by atoms with Gasteiger partial charge in [0.25, 0.3) is 0 Å². The molecule has 0 fully saturated rings. The zero-order valence-corrected chi connectivity index (χ0v) is 27.2. The third-order valence-corrected chi connectivity index (χ3v) is 10.9. The quantitative estimate of drug-likeness (QED) is 0.115. The van der Waals surface area contributed by atoms with Gasteiger partial charge in [-0.15, -0.1) is 0 Å². The summed E-state index contributed by atoms with van der Waals surface area (Å²) in [5.74, 6) is -11.5. The highest BCUT2D eigenvalue weighted by Crippen LogP contribution is 2.57. The van der Waals surface area contributed by atoms with Crippen molar-refractivity contribution in [3.05, 3.63) is 178 Å². The Labute approximate surface area is 287 Å². The Kier molecular flexibility index (Phi) is 8.18. The molecule has 0 atom stereocenters. The SMILES string of the molecule is O=S(=O)(Oc1c(F)cc(C2(c3cc(F)c(OS(=O)(=O)c4ccccc4F)c(F)c3)c3ccccc3-c3ccccc32)cc1F)c1ccccc1F. The number of hydrogen-bond acceptors (Lipinski definition) is 6. The van der Waals surface area contributed by atoms with E-state index in [1.165, 1.54) is 24.3 Å². The van der Waals surface area contributed by atoms with Gasteiger partial charge in [0.05, 0.1) is 5.41 Å². The van der Waals surface area contributed by atoms with E-state index in [0.717, 1.165) is 48.5 Å². The number of hydrogen-bond donors (Lipinski definition) is 0. The van der Waals surface area contributed by atoms with Crippen molar-refractivity contribution in [2.45, 2.75) is 15.2 Å². The van der Waals surface area contributed by atoms with Crippen LogP contribution in [0.25, 0.3) is 11.1 Å². The minimum atomic E-state index is -5.08. The minimum Gasteiger partial charge on any atom is -0.373 e. The average molecular weight is 739 g/mol. The lowest BCUT2D eigenvalue weighted by Crippen LogP contribution is -2.30. The maximum atomic E-state index is 16.0. The van der Waals surface area contributed by atoms with Crippen molar-refractivity contribution in [2.75, 3.05) is 0 Å². The van der Waals surface area contributed by atoms with Crippen molar-refractivity contribution in [1.82, 2.24) is 0 Å². The Morgan fingerprint density at radius 2 is 0.725 bits per heavy atom. The lowest BCUT2D eigenvalue weighted by Gasteiger charge is -2.34. The van der Waals surface area contributed by atoms with E-state index in [4.69, 9.17) is 8.37 Å². The molecule has 0 bridgehead atoms. The Bertz CT molecular complexity index is 2380. The second-order valence-electron chi connectivity index (χ2n) is 11.3. The largest absolute Gasteiger partial charge is 0.373 e. The minimum absolute atomic E-state index is 0.281. The van der Waals surface area contributed by atoms with Gasteiger partial charge in [0.1, 0.15) is 21.4 Å². The molecule has 0 saturated heterocycles. The van der Waals surface area contributed by atoms with Crippen LogP contribution in [0.1, 0.15) is 22.3 Å². The molecule has 51 heavy (non-hydrogen) atoms. The summed E-state index contributed by atoms with van der Waals surface area (Å²) in [7, 11) is -10.2. The number of rotatable bonds is 8. The molecule has 14 heteroatoms. The van der Waals surface area contributed by atoms with Gasteiger partial charge in [0.15, 0.2) is 23.3 Å². The fraction of sp³-hybridized carbons (Fsp3) is 0.0270. The molecule has 0 unspecified atom stereocenters. The summed E-state index contributed by atoms with van der Waals surface area (Å²) in [6, 6.07) is 23.9. The molecular weight excluding hydrogens is 719 g/mol. The van der Waals surface area contributed by atoms with Crippen LogP contribution < -0.4 is 8.37 Å². The van der Waals surface area contributed by atoms with Crippen LogP contribution in [0, 0.1) is 34.9 Å². The standard InChI is InChI=1S/C37H20F6O6S2/c38-27-13-5-7-15-33(27)50(44,45)48-35-29(40)17-21(18-30(35)41)37(25-11-3-1-9-23(25)24-10-2-4-12-26(24)37)22-19-31(42)36(32(43)20-22)49-51(46,47)34-16-8-6-14-28(34)39/h1-20H. The predicted octanol–water partition coefficient (Wildman–Crippen LogP) is 8.42. The topological polar surface area (TPSA) is 86.7 Å². The van der Waals surface area contributed by atoms with Gasteiger partial charge in [-0.05, 0) is 81.9 Å². The lowest BCUT2D eigenvalue weighted by molar-refractivity contribution is 0.426. The monoisotopic (exact) mass is 738 g/mol. The Balaban J connectivity index is 1.43. The maximum absolute atomic E-state index is 16.0. The molecule has 0 N–H and O–H groups in total. The van der Waals surface area contributed by atoms with Gasteiger partial charge in [-0.1, -0.05) is 72.8 Å². The van der Waals surface area contributed by atoms with E-state index < -0.39 is 81.8 Å². The lowest BCUT2D eigenvalue weighted by atomic mass is 9.67. The van der Waals surface area contributed by atoms with E-state index in [0.29, 0.717) is 22.3 Å². The molecular formula is C37H20F6O6S2. The molecule has 0 radical (unpaired) electrons. The Morgan fingerprint density at radius 1 is 0.412 bits per heavy atom. The van der Waals surface area contributed by atoms with Gasteiger partial charge in [0, 0.05) is 0 Å². The molecule has 1 aliphatic rings. The Hall–Kier alpha value is -5.60. The van der Waals surface area contributed by atoms with Crippen LogP contribution in [0.5, 0.6) is 11.5 Å². The number of halogens is 6. The highest BCUT2D eigenvalue weighted by atomic mass is 32.2. The van der Waals surface area contributed by atoms with Gasteiger partial charge < -0.3 is 8.37 Å². The van der Waals surface area contributed by atoms with E-state index in [9.17, 15) is 25.6 Å². The van der Waals surface area contributed by atoms with Crippen LogP contribution >= 0.6 is 0 Å². The Morgan fingerprint density at radius 3 is 1.08 bits per heavy atom. The average Bonchev–Trinajstić information content (AvgIpc) is 3.39. The molecule has 6 aromatic rings. The number of benzene rings is 6. The molecule has 0 aromatic heterocycles. The van der Waals surface area contributed by atoms with Crippen molar-refractivity contribution in [3.63, 3.8) is 0 Å². The van der Waals surface area contributed by atoms with Crippen LogP contribution in [0.2, 0.25) is 0 Å². The zero-order valence-electron chi connectivity index (χ0n) is 25.6. The molecule has 0 heterocycles. The summed E-state index contributed by atoms with van der Waals surface area (Å²) in [4.78, 5) is -1.96. The first-order chi connectivity index (χ1) is 24.3. The summed E-state index contributed by atoms with van der Waals surface area (Å²) in [6.45, 7) is 0. The van der Waals surface area contributed by atoms with Crippen LogP contribution in [0.4, 0.5) is 26.3 Å². The zero-order chi connectivity index (χ0) is 36.3.